The second-order valence-corrected chi connectivity index (χ2v) is 8.66. The fraction of sp³-hybridized carbons (Fsp3) is 0.250. The van der Waals surface area contributed by atoms with Gasteiger partial charge in [-0.2, -0.15) is 13.2 Å². The van der Waals surface area contributed by atoms with Gasteiger partial charge in [0.2, 0.25) is 0 Å². The quantitative estimate of drug-likeness (QED) is 0.423. The van der Waals surface area contributed by atoms with E-state index in [1.807, 2.05) is 23.2 Å². The Balaban J connectivity index is 1.56. The van der Waals surface area contributed by atoms with Gasteiger partial charge in [-0.05, 0) is 65.9 Å². The lowest BCUT2D eigenvalue weighted by Crippen LogP contribution is -2.28. The number of benzene rings is 2. The molecule has 1 aliphatic rings. The Morgan fingerprint density at radius 3 is 2.65 bits per heavy atom. The highest BCUT2D eigenvalue weighted by Gasteiger charge is 2.31. The number of amides is 1. The van der Waals surface area contributed by atoms with E-state index in [9.17, 15) is 18.0 Å². The lowest BCUT2D eigenvalue weighted by Gasteiger charge is -2.18. The van der Waals surface area contributed by atoms with Crippen LogP contribution in [0.4, 0.5) is 13.2 Å². The number of carbonyl (C=O) groups is 1. The Morgan fingerprint density at radius 2 is 1.97 bits per heavy atom. The number of rotatable bonds is 3. The molecule has 1 amide bonds. The minimum Gasteiger partial charge on any atom is -0.338 e. The van der Waals surface area contributed by atoms with Crippen LogP contribution in [0.2, 0.25) is 0 Å². The van der Waals surface area contributed by atoms with Gasteiger partial charge in [-0.15, -0.1) is 0 Å². The number of pyridine rings is 1. The second-order valence-electron chi connectivity index (χ2n) is 7.80. The first-order valence-corrected chi connectivity index (χ1v) is 10.7. The average molecular weight is 489 g/mol. The van der Waals surface area contributed by atoms with Gasteiger partial charge in [0.15, 0.2) is 0 Å². The van der Waals surface area contributed by atoms with Gasteiger partial charge in [0.05, 0.1) is 5.56 Å². The molecule has 2 aromatic carbocycles. The maximum atomic E-state index is 13.2. The average Bonchev–Trinajstić information content (AvgIpc) is 3.23. The summed E-state index contributed by atoms with van der Waals surface area (Å²) in [6.07, 6.45) is 0.0251. The predicted octanol–water partition coefficient (Wildman–Crippen LogP) is 6.47. The van der Waals surface area contributed by atoms with E-state index in [1.54, 1.807) is 37.4 Å². The number of aromatic nitrogens is 1. The molecule has 1 saturated heterocycles. The van der Waals surface area contributed by atoms with Crippen LogP contribution in [-0.4, -0.2) is 28.9 Å². The van der Waals surface area contributed by atoms with Crippen LogP contribution in [0.25, 0.3) is 11.1 Å². The molecule has 1 aliphatic heterocycles. The summed E-state index contributed by atoms with van der Waals surface area (Å²) in [4.78, 5) is 19.0. The van der Waals surface area contributed by atoms with E-state index in [1.165, 1.54) is 0 Å². The molecule has 1 atom stereocenters. The molecule has 1 fully saturated rings. The minimum atomic E-state index is -4.41. The Morgan fingerprint density at radius 1 is 1.16 bits per heavy atom. The molecule has 0 bridgehead atoms. The highest BCUT2D eigenvalue weighted by molar-refractivity contribution is 9.10. The Bertz CT molecular complexity index is 1120. The smallest absolute Gasteiger partial charge is 0.338 e. The molecular formula is C24H20BrF3N2O. The van der Waals surface area contributed by atoms with Crippen molar-refractivity contribution in [1.29, 1.82) is 0 Å². The highest BCUT2D eigenvalue weighted by atomic mass is 79.9. The van der Waals surface area contributed by atoms with E-state index in [0.717, 1.165) is 24.1 Å². The van der Waals surface area contributed by atoms with Gasteiger partial charge in [0.25, 0.3) is 5.91 Å². The third kappa shape index (κ3) is 4.66. The van der Waals surface area contributed by atoms with Crippen molar-refractivity contribution in [3.05, 3.63) is 87.7 Å². The maximum absolute atomic E-state index is 13.2. The molecule has 1 unspecified atom stereocenters. The van der Waals surface area contributed by atoms with Crippen LogP contribution in [0.5, 0.6) is 0 Å². The van der Waals surface area contributed by atoms with Gasteiger partial charge < -0.3 is 4.90 Å². The van der Waals surface area contributed by atoms with E-state index >= 15 is 0 Å². The van der Waals surface area contributed by atoms with Crippen LogP contribution in [0.3, 0.4) is 0 Å². The molecule has 1 aromatic heterocycles. The molecule has 0 aliphatic carbocycles. The summed E-state index contributed by atoms with van der Waals surface area (Å²) in [6, 6.07) is 12.9. The monoisotopic (exact) mass is 488 g/mol. The van der Waals surface area contributed by atoms with Crippen molar-refractivity contribution in [3.63, 3.8) is 0 Å². The van der Waals surface area contributed by atoms with E-state index in [0.29, 0.717) is 39.8 Å². The van der Waals surface area contributed by atoms with Crippen molar-refractivity contribution in [2.75, 3.05) is 13.1 Å². The number of halogens is 4. The molecule has 4 rings (SSSR count). The summed E-state index contributed by atoms with van der Waals surface area (Å²) < 4.78 is 40.2. The number of carbonyl (C=O) groups excluding carboxylic acids is 1. The zero-order valence-corrected chi connectivity index (χ0v) is 18.4. The van der Waals surface area contributed by atoms with Crippen molar-refractivity contribution in [3.8, 4) is 11.1 Å². The summed E-state index contributed by atoms with van der Waals surface area (Å²) in [5, 5.41) is 0. The Kier molecular flexibility index (Phi) is 5.88. The Hall–Kier alpha value is -2.67. The maximum Gasteiger partial charge on any atom is 0.416 e. The van der Waals surface area contributed by atoms with Crippen LogP contribution < -0.4 is 0 Å². The van der Waals surface area contributed by atoms with Gasteiger partial charge in [-0.1, -0.05) is 34.1 Å². The van der Waals surface area contributed by atoms with Crippen molar-refractivity contribution in [2.45, 2.75) is 25.4 Å². The van der Waals surface area contributed by atoms with Gasteiger partial charge in [-0.3, -0.25) is 9.78 Å². The van der Waals surface area contributed by atoms with Gasteiger partial charge in [0.1, 0.15) is 0 Å². The molecule has 0 spiro atoms. The molecule has 31 heavy (non-hydrogen) atoms. The van der Waals surface area contributed by atoms with Crippen molar-refractivity contribution in [1.82, 2.24) is 9.88 Å². The topological polar surface area (TPSA) is 33.2 Å². The molecule has 3 nitrogen and oxygen atoms in total. The summed E-state index contributed by atoms with van der Waals surface area (Å²) in [5.41, 5.74) is 2.53. The highest BCUT2D eigenvalue weighted by Crippen LogP contribution is 2.36. The summed E-state index contributed by atoms with van der Waals surface area (Å²) >= 11 is 3.45. The van der Waals surface area contributed by atoms with Crippen molar-refractivity contribution in [2.24, 2.45) is 0 Å². The molecule has 3 aromatic rings. The third-order valence-corrected chi connectivity index (χ3v) is 6.22. The van der Waals surface area contributed by atoms with Crippen LogP contribution >= 0.6 is 15.9 Å². The van der Waals surface area contributed by atoms with Gasteiger partial charge in [-0.25, -0.2) is 0 Å². The SMILES string of the molecule is Cc1cc(-c2ccc(C(=O)N3CCC(c4cccnc4)C3)cc2Br)cc(C(F)(F)F)c1. The van der Waals surface area contributed by atoms with Crippen molar-refractivity contribution >= 4 is 21.8 Å². The Labute approximate surface area is 187 Å². The van der Waals surface area contributed by atoms with Crippen LogP contribution in [0.15, 0.2) is 65.4 Å². The lowest BCUT2D eigenvalue weighted by atomic mass is 9.98. The van der Waals surface area contributed by atoms with Gasteiger partial charge in [0, 0.05) is 41.4 Å². The summed E-state index contributed by atoms with van der Waals surface area (Å²) in [5.74, 6) is 0.173. The van der Waals surface area contributed by atoms with Crippen LogP contribution in [-0.2, 0) is 6.18 Å². The first-order chi connectivity index (χ1) is 14.7. The van der Waals surface area contributed by atoms with Crippen LogP contribution in [0, 0.1) is 6.92 Å². The normalized spacial score (nSPS) is 16.5. The van der Waals surface area contributed by atoms with Crippen LogP contribution in [0.1, 0.15) is 39.4 Å². The molecule has 2 heterocycles. The third-order valence-electron chi connectivity index (χ3n) is 5.56. The molecular weight excluding hydrogens is 469 g/mol. The van der Waals surface area contributed by atoms with E-state index in [2.05, 4.69) is 20.9 Å². The predicted molar refractivity (Wildman–Crippen MR) is 117 cm³/mol. The zero-order chi connectivity index (χ0) is 22.2. The first kappa shape index (κ1) is 21.6. The molecule has 160 valence electrons. The fourth-order valence-electron chi connectivity index (χ4n) is 4.00. The van der Waals surface area contributed by atoms with E-state index < -0.39 is 11.7 Å². The number of aryl methyl sites for hydroxylation is 1. The minimum absolute atomic E-state index is 0.0844. The van der Waals surface area contributed by atoms with Crippen molar-refractivity contribution < 1.29 is 18.0 Å². The molecule has 0 radical (unpaired) electrons. The number of alkyl halides is 3. The second kappa shape index (κ2) is 8.46. The molecule has 7 heteroatoms. The van der Waals surface area contributed by atoms with E-state index in [-0.39, 0.29) is 11.8 Å². The van der Waals surface area contributed by atoms with E-state index in [4.69, 9.17) is 0 Å². The standard InChI is InChI=1S/C24H20BrF3N2O/c1-15-9-19(11-20(10-15)24(26,27)28)21-5-4-16(12-22(21)25)23(31)30-8-6-18(14-30)17-3-2-7-29-13-17/h2-5,7,9-13,18H,6,8,14H2,1H3. The first-order valence-electron chi connectivity index (χ1n) is 9.90. The zero-order valence-electron chi connectivity index (χ0n) is 16.8. The number of hydrogen-bond donors (Lipinski definition) is 0. The lowest BCUT2D eigenvalue weighted by molar-refractivity contribution is -0.137. The summed E-state index contributed by atoms with van der Waals surface area (Å²) in [6.45, 7) is 2.91. The summed E-state index contributed by atoms with van der Waals surface area (Å²) in [7, 11) is 0. The number of hydrogen-bond acceptors (Lipinski definition) is 2. The fourth-order valence-corrected chi connectivity index (χ4v) is 4.61. The largest absolute Gasteiger partial charge is 0.416 e. The van der Waals surface area contributed by atoms with Gasteiger partial charge >= 0.3 is 6.18 Å². The molecule has 0 saturated carbocycles. The molecule has 0 N–H and O–H groups in total. The number of nitrogens with zero attached hydrogens (tertiary/aromatic N) is 2. The number of likely N-dealkylation sites (tertiary alicyclic amines) is 1.